The summed E-state index contributed by atoms with van der Waals surface area (Å²) in [6.07, 6.45) is -0.415. The molecule has 0 spiro atoms. The van der Waals surface area contributed by atoms with E-state index in [9.17, 15) is 19.5 Å². The summed E-state index contributed by atoms with van der Waals surface area (Å²) in [5.41, 5.74) is 5.05. The molecule has 43 heavy (non-hydrogen) atoms. The highest BCUT2D eigenvalue weighted by Crippen LogP contribution is 2.46. The summed E-state index contributed by atoms with van der Waals surface area (Å²) in [5, 5.41) is 12.2. The highest BCUT2D eigenvalue weighted by molar-refractivity contribution is 7.99. The third kappa shape index (κ3) is 6.15. The van der Waals surface area contributed by atoms with Gasteiger partial charge in [-0.1, -0.05) is 62.4 Å². The van der Waals surface area contributed by atoms with E-state index in [4.69, 9.17) is 14.2 Å². The van der Waals surface area contributed by atoms with Crippen molar-refractivity contribution in [2.45, 2.75) is 43.6 Å². The Morgan fingerprint density at radius 3 is 2.19 bits per heavy atom. The van der Waals surface area contributed by atoms with Gasteiger partial charge in [-0.2, -0.15) is 0 Å². The van der Waals surface area contributed by atoms with Crippen molar-refractivity contribution in [1.29, 1.82) is 0 Å². The Bertz CT molecular complexity index is 1460. The Balaban J connectivity index is 1.36. The van der Waals surface area contributed by atoms with Gasteiger partial charge in [0.1, 0.15) is 35.6 Å². The van der Waals surface area contributed by atoms with Crippen molar-refractivity contribution < 1.29 is 33.7 Å². The van der Waals surface area contributed by atoms with E-state index >= 15 is 0 Å². The zero-order chi connectivity index (χ0) is 30.7. The molecule has 2 aliphatic rings. The van der Waals surface area contributed by atoms with Crippen LogP contribution in [-0.2, 0) is 14.3 Å². The topological polar surface area (TPSA) is 114 Å². The minimum atomic E-state index is -1.11. The lowest BCUT2D eigenvalue weighted by molar-refractivity contribution is -0.150. The SMILES string of the molecule is COc1ccc([C@@H]2SC[C@@H](C(=O)O)N2C(=O)[C@H](CC(C)C)NC(=O)OCC2c3ccccc3-c3ccccc32)c(OC)c1. The van der Waals surface area contributed by atoms with Crippen LogP contribution in [0.25, 0.3) is 11.1 Å². The number of carbonyl (C=O) groups is 3. The molecule has 1 aliphatic carbocycles. The molecule has 1 fully saturated rings. The Morgan fingerprint density at radius 1 is 0.953 bits per heavy atom. The number of alkyl carbamates (subject to hydrolysis) is 1. The number of ether oxygens (including phenoxy) is 3. The number of methoxy groups -OCH3 is 2. The van der Waals surface area contributed by atoms with Gasteiger partial charge in [0.15, 0.2) is 0 Å². The number of carboxylic acids is 1. The molecule has 0 bridgehead atoms. The standard InChI is InChI=1S/C33H36N2O7S/c1-19(2)15-27(34-33(39)42-17-26-23-11-7-5-9-21(23)22-10-6-8-12-24(22)26)30(36)35-28(32(37)38)18-43-31(35)25-14-13-20(40-3)16-29(25)41-4/h5-14,16,19,26-28,31H,15,17-18H2,1-4H3,(H,34,39)(H,37,38)/t27-,28-,31-/m0/s1. The molecule has 1 heterocycles. The zero-order valence-corrected chi connectivity index (χ0v) is 25.4. The number of hydrogen-bond acceptors (Lipinski definition) is 7. The predicted octanol–water partition coefficient (Wildman–Crippen LogP) is 5.68. The van der Waals surface area contributed by atoms with Gasteiger partial charge in [-0.3, -0.25) is 4.79 Å². The largest absolute Gasteiger partial charge is 0.497 e. The van der Waals surface area contributed by atoms with E-state index in [-0.39, 0.29) is 24.2 Å². The Hall–Kier alpha value is -4.18. The monoisotopic (exact) mass is 604 g/mol. The van der Waals surface area contributed by atoms with Crippen molar-refractivity contribution in [3.8, 4) is 22.6 Å². The van der Waals surface area contributed by atoms with Crippen LogP contribution in [0.3, 0.4) is 0 Å². The normalized spacial score (nSPS) is 18.1. The smallest absolute Gasteiger partial charge is 0.407 e. The van der Waals surface area contributed by atoms with Gasteiger partial charge in [0, 0.05) is 23.3 Å². The summed E-state index contributed by atoms with van der Waals surface area (Å²) in [6, 6.07) is 19.3. The summed E-state index contributed by atoms with van der Waals surface area (Å²) in [4.78, 5) is 41.0. The molecule has 1 saturated heterocycles. The van der Waals surface area contributed by atoms with Gasteiger partial charge >= 0.3 is 12.1 Å². The van der Waals surface area contributed by atoms with E-state index in [1.54, 1.807) is 25.3 Å². The summed E-state index contributed by atoms with van der Waals surface area (Å²) in [5.74, 6) is -0.439. The molecule has 3 aromatic rings. The molecule has 0 aromatic heterocycles. The van der Waals surface area contributed by atoms with E-state index in [0.29, 0.717) is 23.5 Å². The van der Waals surface area contributed by atoms with Crippen LogP contribution in [0.1, 0.15) is 48.3 Å². The lowest BCUT2D eigenvalue weighted by Crippen LogP contribution is -2.53. The Morgan fingerprint density at radius 2 is 1.60 bits per heavy atom. The second kappa shape index (κ2) is 13.0. The van der Waals surface area contributed by atoms with Gasteiger partial charge in [0.05, 0.1) is 14.2 Å². The molecule has 10 heteroatoms. The number of amides is 2. The molecule has 3 aromatic carbocycles. The van der Waals surface area contributed by atoms with Crippen molar-refractivity contribution in [3.05, 3.63) is 83.4 Å². The van der Waals surface area contributed by atoms with E-state index in [1.807, 2.05) is 50.2 Å². The number of hydrogen-bond donors (Lipinski definition) is 2. The average Bonchev–Trinajstić information content (AvgIpc) is 3.59. The number of fused-ring (bicyclic) bond motifs is 3. The van der Waals surface area contributed by atoms with E-state index < -0.39 is 35.4 Å². The van der Waals surface area contributed by atoms with Gasteiger partial charge in [-0.15, -0.1) is 11.8 Å². The molecule has 5 rings (SSSR count). The fourth-order valence-corrected chi connectivity index (χ4v) is 7.34. The third-order valence-corrected chi connectivity index (χ3v) is 9.19. The summed E-state index contributed by atoms with van der Waals surface area (Å²) >= 11 is 1.34. The number of carboxylic acid groups (broad SMARTS) is 1. The number of thioether (sulfide) groups is 1. The Kier molecular flexibility index (Phi) is 9.15. The molecule has 3 atom stereocenters. The van der Waals surface area contributed by atoms with Crippen LogP contribution >= 0.6 is 11.8 Å². The highest BCUT2D eigenvalue weighted by atomic mass is 32.2. The van der Waals surface area contributed by atoms with Gasteiger partial charge in [-0.05, 0) is 46.7 Å². The number of benzene rings is 3. The number of rotatable bonds is 10. The first-order valence-corrected chi connectivity index (χ1v) is 15.3. The number of nitrogens with zero attached hydrogens (tertiary/aromatic N) is 1. The predicted molar refractivity (Wildman–Crippen MR) is 164 cm³/mol. The molecular weight excluding hydrogens is 568 g/mol. The van der Waals surface area contributed by atoms with Gasteiger partial charge in [0.25, 0.3) is 0 Å². The van der Waals surface area contributed by atoms with Gasteiger partial charge in [-0.25, -0.2) is 9.59 Å². The van der Waals surface area contributed by atoms with Crippen molar-refractivity contribution in [3.63, 3.8) is 0 Å². The first-order valence-electron chi connectivity index (χ1n) is 14.2. The van der Waals surface area contributed by atoms with Crippen molar-refractivity contribution in [1.82, 2.24) is 10.2 Å². The second-order valence-corrected chi connectivity index (χ2v) is 12.2. The molecule has 2 amide bonds. The molecule has 226 valence electrons. The number of carbonyl (C=O) groups excluding carboxylic acids is 2. The fraction of sp³-hybridized carbons (Fsp3) is 0.364. The van der Waals surface area contributed by atoms with Crippen molar-refractivity contribution in [2.24, 2.45) is 5.92 Å². The average molecular weight is 605 g/mol. The van der Waals surface area contributed by atoms with E-state index in [2.05, 4.69) is 17.4 Å². The summed E-state index contributed by atoms with van der Waals surface area (Å²) in [7, 11) is 3.06. The van der Waals surface area contributed by atoms with Crippen LogP contribution in [0.2, 0.25) is 0 Å². The maximum atomic E-state index is 14.1. The summed E-state index contributed by atoms with van der Waals surface area (Å²) in [6.45, 7) is 3.99. The molecule has 0 saturated carbocycles. The maximum Gasteiger partial charge on any atom is 0.407 e. The number of nitrogens with one attached hydrogen (secondary N) is 1. The first kappa shape index (κ1) is 30.3. The molecule has 0 radical (unpaired) electrons. The molecule has 1 aliphatic heterocycles. The molecule has 2 N–H and O–H groups in total. The zero-order valence-electron chi connectivity index (χ0n) is 24.6. The van der Waals surface area contributed by atoms with Crippen LogP contribution in [0.5, 0.6) is 11.5 Å². The third-order valence-electron chi connectivity index (χ3n) is 7.89. The fourth-order valence-electron chi connectivity index (χ4n) is 5.88. The maximum absolute atomic E-state index is 14.1. The van der Waals surface area contributed by atoms with E-state index in [1.165, 1.54) is 23.8 Å². The van der Waals surface area contributed by atoms with Crippen molar-refractivity contribution in [2.75, 3.05) is 26.6 Å². The Labute approximate surface area is 255 Å². The first-order chi connectivity index (χ1) is 20.7. The molecular formula is C33H36N2O7S. The highest BCUT2D eigenvalue weighted by Gasteiger charge is 2.46. The van der Waals surface area contributed by atoms with Gasteiger partial charge in [0.2, 0.25) is 5.91 Å². The van der Waals surface area contributed by atoms with Gasteiger partial charge < -0.3 is 29.5 Å². The molecule has 9 nitrogen and oxygen atoms in total. The van der Waals surface area contributed by atoms with E-state index in [0.717, 1.165) is 22.3 Å². The van der Waals surface area contributed by atoms with Crippen LogP contribution in [0.4, 0.5) is 4.79 Å². The van der Waals surface area contributed by atoms with Crippen LogP contribution < -0.4 is 14.8 Å². The minimum absolute atomic E-state index is 0.0374. The van der Waals surface area contributed by atoms with Crippen LogP contribution in [0.15, 0.2) is 66.7 Å². The lowest BCUT2D eigenvalue weighted by atomic mass is 9.98. The van der Waals surface area contributed by atoms with Crippen molar-refractivity contribution >= 4 is 29.7 Å². The minimum Gasteiger partial charge on any atom is -0.497 e. The number of aliphatic carboxylic acids is 1. The molecule has 0 unspecified atom stereocenters. The summed E-state index contributed by atoms with van der Waals surface area (Å²) < 4.78 is 16.6. The van der Waals surface area contributed by atoms with Crippen LogP contribution in [-0.4, -0.2) is 66.6 Å². The van der Waals surface area contributed by atoms with Crippen LogP contribution in [0, 0.1) is 5.92 Å². The quantitative estimate of drug-likeness (QED) is 0.304. The second-order valence-electron chi connectivity index (χ2n) is 11.0. The lowest BCUT2D eigenvalue weighted by Gasteiger charge is -2.32.